The van der Waals surface area contributed by atoms with Crippen LogP contribution in [-0.2, 0) is 30.7 Å². The second kappa shape index (κ2) is 10.0. The molecule has 31 heavy (non-hydrogen) atoms. The number of hydrogen-bond acceptors (Lipinski definition) is 6. The molecule has 0 amide bonds. The van der Waals surface area contributed by atoms with Gasteiger partial charge in [-0.25, -0.2) is 4.98 Å². The molecule has 1 aliphatic carbocycles. The molecule has 166 valence electrons. The number of aromatic nitrogens is 2. The van der Waals surface area contributed by atoms with Gasteiger partial charge in [0, 0.05) is 24.6 Å². The number of fused-ring (bicyclic) bond motifs is 3. The van der Waals surface area contributed by atoms with E-state index in [2.05, 4.69) is 28.9 Å². The third-order valence-corrected chi connectivity index (χ3v) is 6.97. The third kappa shape index (κ3) is 5.41. The minimum Gasteiger partial charge on any atom is -0.389 e. The van der Waals surface area contributed by atoms with Crippen molar-refractivity contribution >= 4 is 21.6 Å². The van der Waals surface area contributed by atoms with Crippen LogP contribution in [0, 0.1) is 5.92 Å². The van der Waals surface area contributed by atoms with Gasteiger partial charge in [0.1, 0.15) is 10.7 Å². The lowest BCUT2D eigenvalue weighted by atomic mass is 9.89. The zero-order valence-corrected chi connectivity index (χ0v) is 19.1. The Morgan fingerprint density at radius 3 is 2.90 bits per heavy atom. The molecule has 0 bridgehead atoms. The van der Waals surface area contributed by atoms with Crippen LogP contribution in [0.2, 0.25) is 0 Å². The molecule has 4 rings (SSSR count). The number of H-pyrrole nitrogens is 1. The first-order valence-corrected chi connectivity index (χ1v) is 11.9. The number of ether oxygens (including phenoxy) is 1. The lowest BCUT2D eigenvalue weighted by Gasteiger charge is -2.24. The van der Waals surface area contributed by atoms with E-state index in [9.17, 15) is 9.90 Å². The van der Waals surface area contributed by atoms with Gasteiger partial charge in [-0.15, -0.1) is 11.3 Å². The van der Waals surface area contributed by atoms with Crippen LogP contribution in [0.25, 0.3) is 10.2 Å². The van der Waals surface area contributed by atoms with E-state index in [4.69, 9.17) is 9.72 Å². The first-order chi connectivity index (χ1) is 15.0. The van der Waals surface area contributed by atoms with Crippen LogP contribution >= 0.6 is 11.3 Å². The molecule has 2 atom stereocenters. The number of nitrogens with one attached hydrogen (secondary N) is 1. The van der Waals surface area contributed by atoms with Crippen molar-refractivity contribution in [2.45, 2.75) is 52.3 Å². The minimum absolute atomic E-state index is 0.0402. The molecule has 1 aromatic carbocycles. The van der Waals surface area contributed by atoms with Crippen LogP contribution in [-0.4, -0.2) is 45.8 Å². The molecular formula is C24H31N3O3S. The summed E-state index contributed by atoms with van der Waals surface area (Å²) >= 11 is 1.67. The smallest absolute Gasteiger partial charge is 0.259 e. The van der Waals surface area contributed by atoms with Gasteiger partial charge in [0.2, 0.25) is 0 Å². The molecular weight excluding hydrogens is 410 g/mol. The number of thiophene rings is 1. The largest absolute Gasteiger partial charge is 0.389 e. The Bertz CT molecular complexity index is 1060. The van der Waals surface area contributed by atoms with Gasteiger partial charge in [0.15, 0.2) is 0 Å². The van der Waals surface area contributed by atoms with Crippen LogP contribution < -0.4 is 5.56 Å². The van der Waals surface area contributed by atoms with Crippen LogP contribution in [0.15, 0.2) is 35.1 Å². The second-order valence-corrected chi connectivity index (χ2v) is 9.60. The standard InChI is InChI=1S/C24H31N3O3S/c1-3-30-15-18(28)13-27(12-17-7-5-4-6-8-17)14-21-25-23(29)22-19-10-9-16(2)11-20(19)31-24(22)26-21/h4-8,16,18,28H,3,9-15H2,1-2H3,(H,25,26,29). The Morgan fingerprint density at radius 1 is 1.32 bits per heavy atom. The summed E-state index contributed by atoms with van der Waals surface area (Å²) in [4.78, 5) is 25.0. The summed E-state index contributed by atoms with van der Waals surface area (Å²) < 4.78 is 5.38. The maximum Gasteiger partial charge on any atom is 0.259 e. The molecule has 1 aliphatic rings. The van der Waals surface area contributed by atoms with Gasteiger partial charge in [-0.05, 0) is 43.2 Å². The van der Waals surface area contributed by atoms with Crippen molar-refractivity contribution in [3.05, 3.63) is 62.5 Å². The summed E-state index contributed by atoms with van der Waals surface area (Å²) in [7, 11) is 0. The zero-order valence-electron chi connectivity index (χ0n) is 18.3. The van der Waals surface area contributed by atoms with Crippen molar-refractivity contribution in [3.8, 4) is 0 Å². The molecule has 0 saturated carbocycles. The van der Waals surface area contributed by atoms with E-state index in [1.807, 2.05) is 25.1 Å². The van der Waals surface area contributed by atoms with Crippen molar-refractivity contribution in [2.75, 3.05) is 19.8 Å². The summed E-state index contributed by atoms with van der Waals surface area (Å²) in [5.41, 5.74) is 2.31. The average Bonchev–Trinajstić information content (AvgIpc) is 3.10. The third-order valence-electron chi connectivity index (χ3n) is 5.82. The molecule has 2 N–H and O–H groups in total. The van der Waals surface area contributed by atoms with E-state index in [1.54, 1.807) is 11.3 Å². The van der Waals surface area contributed by atoms with Gasteiger partial charge in [-0.3, -0.25) is 9.69 Å². The van der Waals surface area contributed by atoms with E-state index in [0.29, 0.717) is 44.6 Å². The summed E-state index contributed by atoms with van der Waals surface area (Å²) in [6.07, 6.45) is 2.52. The summed E-state index contributed by atoms with van der Waals surface area (Å²) in [5.74, 6) is 1.30. The van der Waals surface area contributed by atoms with Gasteiger partial charge in [0.05, 0.1) is 24.6 Å². The molecule has 0 spiro atoms. The Morgan fingerprint density at radius 2 is 2.13 bits per heavy atom. The molecule has 6 nitrogen and oxygen atoms in total. The normalized spacial score (nSPS) is 17.2. The molecule has 2 unspecified atom stereocenters. The van der Waals surface area contributed by atoms with Crippen molar-refractivity contribution in [1.82, 2.24) is 14.9 Å². The first kappa shape index (κ1) is 22.1. The number of aryl methyl sites for hydroxylation is 1. The van der Waals surface area contributed by atoms with Crippen LogP contribution in [0.4, 0.5) is 0 Å². The number of aromatic amines is 1. The Balaban J connectivity index is 1.58. The Labute approximate surface area is 186 Å². The molecule has 0 saturated heterocycles. The van der Waals surface area contributed by atoms with Crippen LogP contribution in [0.5, 0.6) is 0 Å². The number of hydrogen-bond donors (Lipinski definition) is 2. The maximum atomic E-state index is 12.9. The van der Waals surface area contributed by atoms with E-state index >= 15 is 0 Å². The van der Waals surface area contributed by atoms with Crippen molar-refractivity contribution in [3.63, 3.8) is 0 Å². The molecule has 3 aromatic rings. The number of aliphatic hydroxyl groups excluding tert-OH is 1. The highest BCUT2D eigenvalue weighted by molar-refractivity contribution is 7.18. The van der Waals surface area contributed by atoms with Crippen LogP contribution in [0.1, 0.15) is 42.1 Å². The fourth-order valence-corrected chi connectivity index (χ4v) is 5.71. The molecule has 7 heteroatoms. The van der Waals surface area contributed by atoms with Crippen molar-refractivity contribution in [1.29, 1.82) is 0 Å². The fourth-order valence-electron chi connectivity index (χ4n) is 4.31. The molecule has 2 heterocycles. The SMILES string of the molecule is CCOCC(O)CN(Cc1ccccc1)Cc1nc2sc3c(c2c(=O)[nH]1)CCC(C)C3. The minimum atomic E-state index is -0.602. The quantitative estimate of drug-likeness (QED) is 0.531. The first-order valence-electron chi connectivity index (χ1n) is 11.1. The predicted molar refractivity (Wildman–Crippen MR) is 124 cm³/mol. The monoisotopic (exact) mass is 441 g/mol. The number of aliphatic hydroxyl groups is 1. The second-order valence-electron chi connectivity index (χ2n) is 8.51. The highest BCUT2D eigenvalue weighted by Gasteiger charge is 2.23. The number of benzene rings is 1. The maximum absolute atomic E-state index is 12.9. The lowest BCUT2D eigenvalue weighted by molar-refractivity contribution is 0.0175. The molecule has 0 aliphatic heterocycles. The number of rotatable bonds is 9. The highest BCUT2D eigenvalue weighted by Crippen LogP contribution is 2.35. The van der Waals surface area contributed by atoms with E-state index in [-0.39, 0.29) is 5.56 Å². The Kier molecular flexibility index (Phi) is 7.17. The van der Waals surface area contributed by atoms with Crippen LogP contribution in [0.3, 0.4) is 0 Å². The molecule has 0 radical (unpaired) electrons. The van der Waals surface area contributed by atoms with E-state index in [0.717, 1.165) is 35.0 Å². The Hall–Kier alpha value is -2.06. The average molecular weight is 442 g/mol. The summed E-state index contributed by atoms with van der Waals surface area (Å²) in [5, 5.41) is 11.2. The summed E-state index contributed by atoms with van der Waals surface area (Å²) in [6.45, 7) is 6.61. The van der Waals surface area contributed by atoms with Gasteiger partial charge in [-0.2, -0.15) is 0 Å². The zero-order chi connectivity index (χ0) is 21.8. The van der Waals surface area contributed by atoms with Crippen molar-refractivity contribution in [2.24, 2.45) is 5.92 Å². The highest BCUT2D eigenvalue weighted by atomic mass is 32.1. The van der Waals surface area contributed by atoms with Gasteiger partial charge in [-0.1, -0.05) is 37.3 Å². The topological polar surface area (TPSA) is 78.5 Å². The van der Waals surface area contributed by atoms with Gasteiger partial charge in [0.25, 0.3) is 5.56 Å². The lowest BCUT2D eigenvalue weighted by Crippen LogP contribution is -2.35. The van der Waals surface area contributed by atoms with Gasteiger partial charge < -0.3 is 14.8 Å². The summed E-state index contributed by atoms with van der Waals surface area (Å²) in [6, 6.07) is 10.1. The van der Waals surface area contributed by atoms with Crippen molar-refractivity contribution < 1.29 is 9.84 Å². The van der Waals surface area contributed by atoms with E-state index in [1.165, 1.54) is 10.4 Å². The fraction of sp³-hybridized carbons (Fsp3) is 0.500. The predicted octanol–water partition coefficient (Wildman–Crippen LogP) is 3.51. The van der Waals surface area contributed by atoms with Gasteiger partial charge >= 0.3 is 0 Å². The molecule has 0 fully saturated rings. The number of nitrogens with zero attached hydrogens (tertiary/aromatic N) is 2. The molecule has 2 aromatic heterocycles. The van der Waals surface area contributed by atoms with E-state index < -0.39 is 6.10 Å².